The Morgan fingerprint density at radius 1 is 1.55 bits per heavy atom. The summed E-state index contributed by atoms with van der Waals surface area (Å²) in [5.41, 5.74) is 0. The molecule has 1 saturated heterocycles. The first kappa shape index (κ1) is 6.82. The van der Waals surface area contributed by atoms with Crippen molar-refractivity contribution >= 4 is 0 Å². The molecule has 60 valence electrons. The topological polar surface area (TPSA) is 47.1 Å². The molecule has 1 aliphatic rings. The molecule has 1 aliphatic heterocycles. The van der Waals surface area contributed by atoms with Crippen LogP contribution >= 0.6 is 0 Å². The summed E-state index contributed by atoms with van der Waals surface area (Å²) in [5, 5.41) is 0. The van der Waals surface area contributed by atoms with E-state index >= 15 is 0 Å². The zero-order chi connectivity index (χ0) is 7.52. The van der Waals surface area contributed by atoms with Gasteiger partial charge >= 0.3 is 0 Å². The number of nitrogens with one attached hydrogen (secondary N) is 1. The smallest absolute Gasteiger partial charge is 0.138 e. The fraction of sp³-hybridized carbons (Fsp3) is 0.571. The number of nitrogens with zero attached hydrogens (tertiary/aromatic N) is 1. The Morgan fingerprint density at radius 2 is 2.55 bits per heavy atom. The normalized spacial score (nSPS) is 25.3. The molecule has 2 rings (SSSR count). The molecule has 0 bridgehead atoms. The number of ether oxygens (including phenoxy) is 2. The quantitative estimate of drug-likeness (QED) is 0.640. The van der Waals surface area contributed by atoms with Crippen molar-refractivity contribution in [2.75, 3.05) is 19.8 Å². The van der Waals surface area contributed by atoms with Crippen LogP contribution in [-0.4, -0.2) is 29.8 Å². The Hall–Kier alpha value is -0.870. The van der Waals surface area contributed by atoms with Gasteiger partial charge in [0.15, 0.2) is 0 Å². The minimum atomic E-state index is -0.00116. The van der Waals surface area contributed by atoms with Gasteiger partial charge in [0.05, 0.1) is 19.8 Å². The van der Waals surface area contributed by atoms with Gasteiger partial charge in [0.25, 0.3) is 0 Å². The molecule has 0 aliphatic carbocycles. The molecule has 11 heavy (non-hydrogen) atoms. The van der Waals surface area contributed by atoms with E-state index in [1.807, 2.05) is 0 Å². The predicted octanol–water partition coefficient (Wildman–Crippen LogP) is 0.498. The summed E-state index contributed by atoms with van der Waals surface area (Å²) in [4.78, 5) is 7.07. The van der Waals surface area contributed by atoms with Gasteiger partial charge in [0, 0.05) is 12.4 Å². The molecule has 1 N–H and O–H groups in total. The number of aromatic amines is 1. The van der Waals surface area contributed by atoms with Gasteiger partial charge in [0.1, 0.15) is 11.9 Å². The van der Waals surface area contributed by atoms with E-state index < -0.39 is 0 Å². The van der Waals surface area contributed by atoms with Gasteiger partial charge < -0.3 is 14.5 Å². The third-order valence-electron chi connectivity index (χ3n) is 1.64. The average Bonchev–Trinajstić information content (AvgIpc) is 2.58. The third kappa shape index (κ3) is 1.41. The van der Waals surface area contributed by atoms with Crippen molar-refractivity contribution in [3.05, 3.63) is 18.2 Å². The van der Waals surface area contributed by atoms with Gasteiger partial charge in [-0.3, -0.25) is 0 Å². The molecule has 2 heterocycles. The van der Waals surface area contributed by atoms with Crippen LogP contribution in [0.1, 0.15) is 11.9 Å². The Bertz CT molecular complexity index is 204. The Labute approximate surface area is 64.5 Å². The average molecular weight is 154 g/mol. The molecule has 1 aromatic heterocycles. The summed E-state index contributed by atoms with van der Waals surface area (Å²) in [6, 6.07) is 0. The lowest BCUT2D eigenvalue weighted by molar-refractivity contribution is -0.0932. The van der Waals surface area contributed by atoms with E-state index in [2.05, 4.69) is 9.97 Å². The first-order valence-corrected chi connectivity index (χ1v) is 3.65. The minimum Gasteiger partial charge on any atom is -0.376 e. The van der Waals surface area contributed by atoms with E-state index in [9.17, 15) is 0 Å². The number of hydrogen-bond donors (Lipinski definition) is 1. The Morgan fingerprint density at radius 3 is 3.18 bits per heavy atom. The van der Waals surface area contributed by atoms with Crippen LogP contribution in [0.4, 0.5) is 0 Å². The van der Waals surface area contributed by atoms with E-state index in [-0.39, 0.29) is 6.10 Å². The molecule has 1 unspecified atom stereocenters. The molecule has 1 aromatic rings. The number of hydrogen-bond acceptors (Lipinski definition) is 3. The molecule has 0 amide bonds. The molecule has 4 heteroatoms. The van der Waals surface area contributed by atoms with Crippen LogP contribution in [0.25, 0.3) is 0 Å². The summed E-state index contributed by atoms with van der Waals surface area (Å²) in [5.74, 6) is 0.852. The summed E-state index contributed by atoms with van der Waals surface area (Å²) >= 11 is 0. The second-order valence-corrected chi connectivity index (χ2v) is 2.41. The van der Waals surface area contributed by atoms with E-state index in [4.69, 9.17) is 9.47 Å². The van der Waals surface area contributed by atoms with Gasteiger partial charge in [-0.05, 0) is 0 Å². The lowest BCUT2D eigenvalue weighted by Gasteiger charge is -2.20. The van der Waals surface area contributed by atoms with Crippen molar-refractivity contribution in [3.8, 4) is 0 Å². The summed E-state index contributed by atoms with van der Waals surface area (Å²) in [6.45, 7) is 1.95. The van der Waals surface area contributed by atoms with Crippen molar-refractivity contribution in [2.45, 2.75) is 6.10 Å². The highest BCUT2D eigenvalue weighted by atomic mass is 16.6. The van der Waals surface area contributed by atoms with Gasteiger partial charge in [-0.2, -0.15) is 0 Å². The lowest BCUT2D eigenvalue weighted by atomic mass is 10.3. The van der Waals surface area contributed by atoms with Gasteiger partial charge in [-0.1, -0.05) is 0 Å². The first-order chi connectivity index (χ1) is 5.47. The standard InChI is InChI=1S/C7H10N2O2/c1-2-9-7(8-1)6-5-10-3-4-11-6/h1-2,6H,3-5H2,(H,8,9). The van der Waals surface area contributed by atoms with Crippen molar-refractivity contribution < 1.29 is 9.47 Å². The number of rotatable bonds is 1. The molecule has 1 fully saturated rings. The van der Waals surface area contributed by atoms with E-state index in [0.29, 0.717) is 19.8 Å². The molecule has 0 radical (unpaired) electrons. The van der Waals surface area contributed by atoms with E-state index in [1.165, 1.54) is 0 Å². The van der Waals surface area contributed by atoms with Crippen molar-refractivity contribution in [3.63, 3.8) is 0 Å². The van der Waals surface area contributed by atoms with E-state index in [0.717, 1.165) is 5.82 Å². The molecule has 0 spiro atoms. The fourth-order valence-electron chi connectivity index (χ4n) is 1.10. The highest BCUT2D eigenvalue weighted by Crippen LogP contribution is 2.15. The highest BCUT2D eigenvalue weighted by Gasteiger charge is 2.17. The Balaban J connectivity index is 2.04. The van der Waals surface area contributed by atoms with Gasteiger partial charge in [-0.25, -0.2) is 4.98 Å². The second kappa shape index (κ2) is 3.02. The number of imidazole rings is 1. The van der Waals surface area contributed by atoms with E-state index in [1.54, 1.807) is 12.4 Å². The zero-order valence-corrected chi connectivity index (χ0v) is 6.12. The first-order valence-electron chi connectivity index (χ1n) is 3.65. The minimum absolute atomic E-state index is 0.00116. The SMILES string of the molecule is c1c[nH]c(C2COCCO2)n1. The molecular formula is C7H10N2O2. The van der Waals surface area contributed by atoms with Crippen molar-refractivity contribution in [1.82, 2.24) is 9.97 Å². The summed E-state index contributed by atoms with van der Waals surface area (Å²) in [6.07, 6.45) is 3.50. The van der Waals surface area contributed by atoms with Crippen molar-refractivity contribution in [2.24, 2.45) is 0 Å². The molecular weight excluding hydrogens is 144 g/mol. The second-order valence-electron chi connectivity index (χ2n) is 2.41. The molecule has 4 nitrogen and oxygen atoms in total. The van der Waals surface area contributed by atoms with Crippen molar-refractivity contribution in [1.29, 1.82) is 0 Å². The van der Waals surface area contributed by atoms with Crippen LogP contribution in [-0.2, 0) is 9.47 Å². The molecule has 0 saturated carbocycles. The Kier molecular flexibility index (Phi) is 1.87. The van der Waals surface area contributed by atoms with Crippen LogP contribution in [0.15, 0.2) is 12.4 Å². The monoisotopic (exact) mass is 154 g/mol. The number of H-pyrrole nitrogens is 1. The fourth-order valence-corrected chi connectivity index (χ4v) is 1.10. The van der Waals surface area contributed by atoms with Crippen LogP contribution < -0.4 is 0 Å². The largest absolute Gasteiger partial charge is 0.376 e. The molecule has 1 atom stereocenters. The predicted molar refractivity (Wildman–Crippen MR) is 38.1 cm³/mol. The maximum atomic E-state index is 5.40. The van der Waals surface area contributed by atoms with Crippen LogP contribution in [0, 0.1) is 0 Å². The van der Waals surface area contributed by atoms with Crippen LogP contribution in [0.2, 0.25) is 0 Å². The third-order valence-corrected chi connectivity index (χ3v) is 1.64. The molecule has 0 aromatic carbocycles. The van der Waals surface area contributed by atoms with Gasteiger partial charge in [0.2, 0.25) is 0 Å². The number of aromatic nitrogens is 2. The van der Waals surface area contributed by atoms with Gasteiger partial charge in [-0.15, -0.1) is 0 Å². The highest BCUT2D eigenvalue weighted by molar-refractivity contribution is 4.93. The summed E-state index contributed by atoms with van der Waals surface area (Å²) < 4.78 is 10.6. The van der Waals surface area contributed by atoms with Crippen LogP contribution in [0.3, 0.4) is 0 Å². The maximum Gasteiger partial charge on any atom is 0.138 e. The maximum absolute atomic E-state index is 5.40. The lowest BCUT2D eigenvalue weighted by Crippen LogP contribution is -2.22. The summed E-state index contributed by atoms with van der Waals surface area (Å²) in [7, 11) is 0. The zero-order valence-electron chi connectivity index (χ0n) is 6.12. The van der Waals surface area contributed by atoms with Crippen LogP contribution in [0.5, 0.6) is 0 Å².